The van der Waals surface area contributed by atoms with Gasteiger partial charge in [0.2, 0.25) is 0 Å². The summed E-state index contributed by atoms with van der Waals surface area (Å²) in [5.74, 6) is 1.43. The van der Waals surface area contributed by atoms with Gasteiger partial charge >= 0.3 is 0 Å². The fourth-order valence-electron chi connectivity index (χ4n) is 3.50. The molecule has 112 valence electrons. The first-order valence-corrected chi connectivity index (χ1v) is 7.93. The highest BCUT2D eigenvalue weighted by Crippen LogP contribution is 2.20. The van der Waals surface area contributed by atoms with Crippen LogP contribution in [0, 0.1) is 11.8 Å². The second kappa shape index (κ2) is 7.58. The summed E-state index contributed by atoms with van der Waals surface area (Å²) in [6.45, 7) is 13.1. The molecule has 19 heavy (non-hydrogen) atoms. The van der Waals surface area contributed by atoms with Gasteiger partial charge in [-0.1, -0.05) is 13.8 Å². The highest BCUT2D eigenvalue weighted by Gasteiger charge is 2.29. The number of nitrogens with two attached hydrogens (primary N) is 1. The van der Waals surface area contributed by atoms with Crippen molar-refractivity contribution in [2.75, 3.05) is 52.5 Å². The average molecular weight is 269 g/mol. The molecule has 2 fully saturated rings. The van der Waals surface area contributed by atoms with Crippen molar-refractivity contribution in [2.24, 2.45) is 17.6 Å². The molecule has 0 aromatic carbocycles. The van der Waals surface area contributed by atoms with E-state index >= 15 is 0 Å². The maximum absolute atomic E-state index is 5.92. The van der Waals surface area contributed by atoms with Crippen LogP contribution in [0.15, 0.2) is 0 Å². The summed E-state index contributed by atoms with van der Waals surface area (Å²) >= 11 is 0. The molecule has 2 aliphatic rings. The first kappa shape index (κ1) is 15.2. The average Bonchev–Trinajstić information content (AvgIpc) is 2.87. The second-order valence-electron chi connectivity index (χ2n) is 6.58. The van der Waals surface area contributed by atoms with Crippen molar-refractivity contribution >= 4 is 0 Å². The van der Waals surface area contributed by atoms with E-state index in [1.165, 1.54) is 32.5 Å². The minimum Gasteiger partial charge on any atom is -0.379 e. The first-order chi connectivity index (χ1) is 9.19. The van der Waals surface area contributed by atoms with Gasteiger partial charge in [0.05, 0.1) is 13.2 Å². The second-order valence-corrected chi connectivity index (χ2v) is 6.58. The molecule has 0 spiro atoms. The number of likely N-dealkylation sites (tertiary alicyclic amines) is 1. The Labute approximate surface area is 118 Å². The lowest BCUT2D eigenvalue weighted by Gasteiger charge is -2.32. The van der Waals surface area contributed by atoms with Gasteiger partial charge in [0, 0.05) is 32.2 Å². The maximum Gasteiger partial charge on any atom is 0.0594 e. The van der Waals surface area contributed by atoms with Crippen molar-refractivity contribution in [1.82, 2.24) is 9.80 Å². The van der Waals surface area contributed by atoms with Gasteiger partial charge in [0.1, 0.15) is 0 Å². The standard InChI is InChI=1S/C15H31N3O/c1-13(2)9-14(10-16)11-17-4-3-15(12-17)18-5-7-19-8-6-18/h13-15H,3-12,16H2,1-2H3. The van der Waals surface area contributed by atoms with Crippen LogP contribution in [0.5, 0.6) is 0 Å². The SMILES string of the molecule is CC(C)CC(CN)CN1CCC(N2CCOCC2)C1. The molecule has 2 saturated heterocycles. The van der Waals surface area contributed by atoms with E-state index in [2.05, 4.69) is 23.6 Å². The first-order valence-electron chi connectivity index (χ1n) is 7.93. The zero-order chi connectivity index (χ0) is 13.7. The molecule has 0 aliphatic carbocycles. The van der Waals surface area contributed by atoms with Crippen molar-refractivity contribution in [3.05, 3.63) is 0 Å². The van der Waals surface area contributed by atoms with Crippen LogP contribution in [0.1, 0.15) is 26.7 Å². The topological polar surface area (TPSA) is 41.7 Å². The van der Waals surface area contributed by atoms with Gasteiger partial charge in [0.25, 0.3) is 0 Å². The predicted molar refractivity (Wildman–Crippen MR) is 79.2 cm³/mol. The molecule has 2 unspecified atom stereocenters. The Morgan fingerprint density at radius 1 is 1.21 bits per heavy atom. The Bertz CT molecular complexity index is 254. The van der Waals surface area contributed by atoms with Crippen LogP contribution in [0.4, 0.5) is 0 Å². The molecular formula is C15H31N3O. The Balaban J connectivity index is 1.74. The largest absolute Gasteiger partial charge is 0.379 e. The number of ether oxygens (including phenoxy) is 1. The summed E-state index contributed by atoms with van der Waals surface area (Å²) in [6, 6.07) is 0.751. The third-order valence-electron chi connectivity index (χ3n) is 4.46. The molecule has 0 aromatic heterocycles. The van der Waals surface area contributed by atoms with E-state index in [1.807, 2.05) is 0 Å². The van der Waals surface area contributed by atoms with E-state index in [0.717, 1.165) is 44.8 Å². The maximum atomic E-state index is 5.92. The van der Waals surface area contributed by atoms with Crippen molar-refractivity contribution in [3.8, 4) is 0 Å². The molecule has 4 heteroatoms. The highest BCUT2D eigenvalue weighted by molar-refractivity contribution is 4.85. The van der Waals surface area contributed by atoms with E-state index in [-0.39, 0.29) is 0 Å². The number of rotatable bonds is 6. The van der Waals surface area contributed by atoms with E-state index in [9.17, 15) is 0 Å². The molecule has 0 bridgehead atoms. The van der Waals surface area contributed by atoms with Crippen LogP contribution in [0.25, 0.3) is 0 Å². The molecule has 4 nitrogen and oxygen atoms in total. The van der Waals surface area contributed by atoms with Crippen LogP contribution in [-0.2, 0) is 4.74 Å². The molecule has 2 rings (SSSR count). The Morgan fingerprint density at radius 2 is 1.95 bits per heavy atom. The lowest BCUT2D eigenvalue weighted by Crippen LogP contribution is -2.45. The summed E-state index contributed by atoms with van der Waals surface area (Å²) in [5.41, 5.74) is 5.92. The molecule has 0 radical (unpaired) electrons. The number of nitrogens with zero attached hydrogens (tertiary/aromatic N) is 2. The summed E-state index contributed by atoms with van der Waals surface area (Å²) in [4.78, 5) is 5.24. The smallest absolute Gasteiger partial charge is 0.0594 e. The molecule has 2 atom stereocenters. The Morgan fingerprint density at radius 3 is 2.58 bits per heavy atom. The molecule has 2 aliphatic heterocycles. The lowest BCUT2D eigenvalue weighted by atomic mass is 9.97. The van der Waals surface area contributed by atoms with Crippen molar-refractivity contribution in [3.63, 3.8) is 0 Å². The van der Waals surface area contributed by atoms with Crippen molar-refractivity contribution < 1.29 is 4.74 Å². The molecule has 2 N–H and O–H groups in total. The number of hydrogen-bond donors (Lipinski definition) is 1. The summed E-state index contributed by atoms with van der Waals surface area (Å²) in [6.07, 6.45) is 2.58. The van der Waals surface area contributed by atoms with Gasteiger partial charge in [-0.05, 0) is 37.8 Å². The molecule has 0 aromatic rings. The molecular weight excluding hydrogens is 238 g/mol. The number of morpholine rings is 1. The van der Waals surface area contributed by atoms with E-state index in [1.54, 1.807) is 0 Å². The minimum absolute atomic E-state index is 0.670. The highest BCUT2D eigenvalue weighted by atomic mass is 16.5. The van der Waals surface area contributed by atoms with E-state index < -0.39 is 0 Å². The van der Waals surface area contributed by atoms with Gasteiger partial charge in [0.15, 0.2) is 0 Å². The Hall–Kier alpha value is -0.160. The van der Waals surface area contributed by atoms with Gasteiger partial charge in [-0.2, -0.15) is 0 Å². The van der Waals surface area contributed by atoms with Gasteiger partial charge in [-0.15, -0.1) is 0 Å². The molecule has 0 amide bonds. The van der Waals surface area contributed by atoms with Crippen LogP contribution in [0.3, 0.4) is 0 Å². The van der Waals surface area contributed by atoms with Crippen LogP contribution in [-0.4, -0.2) is 68.3 Å². The van der Waals surface area contributed by atoms with Gasteiger partial charge in [-0.25, -0.2) is 0 Å². The van der Waals surface area contributed by atoms with E-state index in [4.69, 9.17) is 10.5 Å². The fourth-order valence-corrected chi connectivity index (χ4v) is 3.50. The van der Waals surface area contributed by atoms with E-state index in [0.29, 0.717) is 5.92 Å². The van der Waals surface area contributed by atoms with Crippen molar-refractivity contribution in [2.45, 2.75) is 32.7 Å². The fraction of sp³-hybridized carbons (Fsp3) is 1.00. The monoisotopic (exact) mass is 269 g/mol. The van der Waals surface area contributed by atoms with Crippen molar-refractivity contribution in [1.29, 1.82) is 0 Å². The summed E-state index contributed by atoms with van der Waals surface area (Å²) < 4.78 is 5.44. The minimum atomic E-state index is 0.670. The normalized spacial score (nSPS) is 28.1. The quantitative estimate of drug-likeness (QED) is 0.781. The van der Waals surface area contributed by atoms with Gasteiger partial charge < -0.3 is 15.4 Å². The summed E-state index contributed by atoms with van der Waals surface area (Å²) in [7, 11) is 0. The number of hydrogen-bond acceptors (Lipinski definition) is 4. The third kappa shape index (κ3) is 4.71. The van der Waals surface area contributed by atoms with Gasteiger partial charge in [-0.3, -0.25) is 4.90 Å². The third-order valence-corrected chi connectivity index (χ3v) is 4.46. The van der Waals surface area contributed by atoms with Crippen LogP contribution < -0.4 is 5.73 Å². The van der Waals surface area contributed by atoms with Crippen LogP contribution in [0.2, 0.25) is 0 Å². The summed E-state index contributed by atoms with van der Waals surface area (Å²) in [5, 5.41) is 0. The molecule has 0 saturated carbocycles. The molecule has 2 heterocycles. The lowest BCUT2D eigenvalue weighted by molar-refractivity contribution is 0.0182. The zero-order valence-corrected chi connectivity index (χ0v) is 12.7. The predicted octanol–water partition coefficient (Wildman–Crippen LogP) is 1.01. The van der Waals surface area contributed by atoms with Crippen LogP contribution >= 0.6 is 0 Å². The Kier molecular flexibility index (Phi) is 6.07. The zero-order valence-electron chi connectivity index (χ0n) is 12.7.